The molecule has 0 atom stereocenters. The minimum absolute atomic E-state index is 0.0549. The van der Waals surface area contributed by atoms with Gasteiger partial charge >= 0.3 is 0 Å². The summed E-state index contributed by atoms with van der Waals surface area (Å²) in [5, 5.41) is 13.0. The highest BCUT2D eigenvalue weighted by Crippen LogP contribution is 2.45. The first-order valence-electron chi connectivity index (χ1n) is 6.82. The molecular weight excluding hydrogens is 287 g/mol. The lowest BCUT2D eigenvalue weighted by Crippen LogP contribution is -2.47. The van der Waals surface area contributed by atoms with Crippen LogP contribution < -0.4 is 5.32 Å². The van der Waals surface area contributed by atoms with Crippen LogP contribution in [0.1, 0.15) is 18.4 Å². The SMILES string of the molecule is N#CC1(c2ccccc2)CC(Nc2c(F)cccc2Cl)C1. The van der Waals surface area contributed by atoms with Crippen molar-refractivity contribution in [2.75, 3.05) is 5.32 Å². The zero-order valence-corrected chi connectivity index (χ0v) is 12.1. The van der Waals surface area contributed by atoms with E-state index in [1.165, 1.54) is 6.07 Å². The molecule has 1 aliphatic rings. The lowest BCUT2D eigenvalue weighted by atomic mass is 9.62. The fourth-order valence-corrected chi connectivity index (χ4v) is 3.09. The third-order valence-corrected chi connectivity index (χ3v) is 4.36. The van der Waals surface area contributed by atoms with E-state index in [1.54, 1.807) is 12.1 Å². The number of para-hydroxylation sites is 1. The summed E-state index contributed by atoms with van der Waals surface area (Å²) in [6.07, 6.45) is 1.30. The Morgan fingerprint density at radius 1 is 1.14 bits per heavy atom. The van der Waals surface area contributed by atoms with Gasteiger partial charge in [-0.2, -0.15) is 5.26 Å². The Labute approximate surface area is 128 Å². The van der Waals surface area contributed by atoms with Gasteiger partial charge in [-0.3, -0.25) is 0 Å². The van der Waals surface area contributed by atoms with Crippen LogP contribution in [-0.2, 0) is 5.41 Å². The Bertz CT molecular complexity index is 667. The van der Waals surface area contributed by atoms with Crippen molar-refractivity contribution >= 4 is 17.3 Å². The maximum Gasteiger partial charge on any atom is 0.147 e. The lowest BCUT2D eigenvalue weighted by Gasteiger charge is -2.43. The smallest absolute Gasteiger partial charge is 0.147 e. The van der Waals surface area contributed by atoms with Crippen molar-refractivity contribution in [1.82, 2.24) is 0 Å². The zero-order chi connectivity index (χ0) is 14.9. The number of hydrogen-bond donors (Lipinski definition) is 1. The van der Waals surface area contributed by atoms with E-state index in [9.17, 15) is 9.65 Å². The molecule has 21 heavy (non-hydrogen) atoms. The Balaban J connectivity index is 1.75. The van der Waals surface area contributed by atoms with Crippen molar-refractivity contribution in [2.45, 2.75) is 24.3 Å². The van der Waals surface area contributed by atoms with Gasteiger partial charge in [0.1, 0.15) is 5.82 Å². The number of rotatable bonds is 3. The maximum absolute atomic E-state index is 13.8. The molecule has 0 radical (unpaired) electrons. The van der Waals surface area contributed by atoms with Crippen LogP contribution in [0.25, 0.3) is 0 Å². The molecule has 1 fully saturated rings. The van der Waals surface area contributed by atoms with E-state index >= 15 is 0 Å². The number of nitriles is 1. The summed E-state index contributed by atoms with van der Waals surface area (Å²) in [6, 6.07) is 16.8. The first-order chi connectivity index (χ1) is 10.1. The van der Waals surface area contributed by atoms with Gasteiger partial charge in [-0.1, -0.05) is 48.0 Å². The van der Waals surface area contributed by atoms with Gasteiger partial charge in [0.05, 0.1) is 22.2 Å². The van der Waals surface area contributed by atoms with Gasteiger partial charge in [-0.05, 0) is 30.5 Å². The minimum Gasteiger partial charge on any atom is -0.379 e. The Morgan fingerprint density at radius 2 is 1.86 bits per heavy atom. The number of halogens is 2. The minimum atomic E-state index is -0.476. The molecule has 0 aromatic heterocycles. The van der Waals surface area contributed by atoms with Crippen molar-refractivity contribution in [1.29, 1.82) is 5.26 Å². The molecule has 0 aliphatic heterocycles. The second kappa shape index (κ2) is 5.38. The molecule has 0 amide bonds. The maximum atomic E-state index is 13.8. The summed E-state index contributed by atoms with van der Waals surface area (Å²) in [4.78, 5) is 0. The largest absolute Gasteiger partial charge is 0.379 e. The monoisotopic (exact) mass is 300 g/mol. The quantitative estimate of drug-likeness (QED) is 0.905. The first-order valence-corrected chi connectivity index (χ1v) is 7.20. The average molecular weight is 301 g/mol. The predicted molar refractivity (Wildman–Crippen MR) is 81.8 cm³/mol. The van der Waals surface area contributed by atoms with Crippen LogP contribution in [0.3, 0.4) is 0 Å². The Hall–Kier alpha value is -2.05. The highest BCUT2D eigenvalue weighted by molar-refractivity contribution is 6.33. The number of nitrogens with zero attached hydrogens (tertiary/aromatic N) is 1. The van der Waals surface area contributed by atoms with E-state index in [0.717, 1.165) is 5.56 Å². The highest BCUT2D eigenvalue weighted by atomic mass is 35.5. The normalized spacial score (nSPS) is 24.0. The van der Waals surface area contributed by atoms with Gasteiger partial charge in [-0.15, -0.1) is 0 Å². The number of benzene rings is 2. The predicted octanol–water partition coefficient (Wildman–Crippen LogP) is 4.51. The molecule has 0 saturated heterocycles. The third kappa shape index (κ3) is 2.48. The number of hydrogen-bond acceptors (Lipinski definition) is 2. The molecule has 1 aliphatic carbocycles. The Kier molecular flexibility index (Phi) is 3.57. The second-order valence-electron chi connectivity index (χ2n) is 5.41. The van der Waals surface area contributed by atoms with Gasteiger partial charge in [0.2, 0.25) is 0 Å². The molecule has 0 heterocycles. The molecule has 2 aromatic rings. The molecule has 2 nitrogen and oxygen atoms in total. The van der Waals surface area contributed by atoms with Crippen molar-refractivity contribution in [3.05, 3.63) is 64.9 Å². The molecule has 0 bridgehead atoms. The molecule has 3 rings (SSSR count). The van der Waals surface area contributed by atoms with E-state index in [-0.39, 0.29) is 11.9 Å². The molecule has 4 heteroatoms. The van der Waals surface area contributed by atoms with Crippen LogP contribution in [0.15, 0.2) is 48.5 Å². The van der Waals surface area contributed by atoms with Gasteiger partial charge in [-0.25, -0.2) is 4.39 Å². The van der Waals surface area contributed by atoms with Crippen LogP contribution in [0.4, 0.5) is 10.1 Å². The summed E-state index contributed by atoms with van der Waals surface area (Å²) in [5.41, 5.74) is 0.866. The van der Waals surface area contributed by atoms with Gasteiger partial charge < -0.3 is 5.32 Å². The lowest BCUT2D eigenvalue weighted by molar-refractivity contribution is 0.289. The molecule has 1 N–H and O–H groups in total. The van der Waals surface area contributed by atoms with Crippen LogP contribution in [0.5, 0.6) is 0 Å². The van der Waals surface area contributed by atoms with Gasteiger partial charge in [0.15, 0.2) is 0 Å². The van der Waals surface area contributed by atoms with E-state index in [1.807, 2.05) is 30.3 Å². The summed E-state index contributed by atoms with van der Waals surface area (Å²) < 4.78 is 13.8. The van der Waals surface area contributed by atoms with Gasteiger partial charge in [0, 0.05) is 6.04 Å². The summed E-state index contributed by atoms with van der Waals surface area (Å²) in [6.45, 7) is 0. The third-order valence-electron chi connectivity index (χ3n) is 4.04. The van der Waals surface area contributed by atoms with Crippen molar-refractivity contribution in [3.8, 4) is 6.07 Å². The molecular formula is C17H14ClFN2. The summed E-state index contributed by atoms with van der Waals surface area (Å²) in [5.74, 6) is -0.364. The fourth-order valence-electron chi connectivity index (χ4n) is 2.87. The van der Waals surface area contributed by atoms with Crippen molar-refractivity contribution in [3.63, 3.8) is 0 Å². The number of nitrogens with one attached hydrogen (secondary N) is 1. The highest BCUT2D eigenvalue weighted by Gasteiger charge is 2.46. The van der Waals surface area contributed by atoms with Crippen LogP contribution >= 0.6 is 11.6 Å². The van der Waals surface area contributed by atoms with Crippen LogP contribution in [0.2, 0.25) is 5.02 Å². The molecule has 0 spiro atoms. The molecule has 0 unspecified atom stereocenters. The molecule has 2 aromatic carbocycles. The summed E-state index contributed by atoms with van der Waals surface area (Å²) >= 11 is 6.01. The van der Waals surface area contributed by atoms with Gasteiger partial charge in [0.25, 0.3) is 0 Å². The zero-order valence-electron chi connectivity index (χ0n) is 11.3. The first kappa shape index (κ1) is 13.9. The second-order valence-corrected chi connectivity index (χ2v) is 5.81. The van der Waals surface area contributed by atoms with Crippen LogP contribution in [0, 0.1) is 17.1 Å². The standard InChI is InChI=1S/C17H14ClFN2/c18-14-7-4-8-15(19)16(14)21-13-9-17(10-13,11-20)12-5-2-1-3-6-12/h1-8,13,21H,9-10H2. The van der Waals surface area contributed by atoms with E-state index in [4.69, 9.17) is 11.6 Å². The Morgan fingerprint density at radius 3 is 2.48 bits per heavy atom. The average Bonchev–Trinajstić information content (AvgIpc) is 2.46. The number of anilines is 1. The van der Waals surface area contributed by atoms with E-state index in [0.29, 0.717) is 23.6 Å². The van der Waals surface area contributed by atoms with Crippen LogP contribution in [-0.4, -0.2) is 6.04 Å². The summed E-state index contributed by atoms with van der Waals surface area (Å²) in [7, 11) is 0. The fraction of sp³-hybridized carbons (Fsp3) is 0.235. The molecule has 106 valence electrons. The van der Waals surface area contributed by atoms with Crippen molar-refractivity contribution in [2.24, 2.45) is 0 Å². The van der Waals surface area contributed by atoms with E-state index < -0.39 is 5.41 Å². The van der Waals surface area contributed by atoms with Crippen molar-refractivity contribution < 1.29 is 4.39 Å². The topological polar surface area (TPSA) is 35.8 Å². The van der Waals surface area contributed by atoms with E-state index in [2.05, 4.69) is 11.4 Å². The molecule has 1 saturated carbocycles.